The molecule has 0 amide bonds. The number of halogens is 1. The number of aromatic hydroxyl groups is 1. The smallest absolute Gasteiger partial charge is 0.338 e. The third-order valence-electron chi connectivity index (χ3n) is 2.39. The fraction of sp³-hybridized carbons (Fsp3) is 0.0714. The van der Waals surface area contributed by atoms with Gasteiger partial charge in [0.1, 0.15) is 12.4 Å². The summed E-state index contributed by atoms with van der Waals surface area (Å²) in [4.78, 5) is 11.7. The zero-order valence-electron chi connectivity index (χ0n) is 9.47. The molecule has 0 aliphatic rings. The number of carbonyl (C=O) groups excluding carboxylic acids is 1. The summed E-state index contributed by atoms with van der Waals surface area (Å²) in [6.07, 6.45) is 0. The molecule has 0 spiro atoms. The molecule has 2 rings (SSSR count). The number of ether oxygens (including phenoxy) is 1. The number of hydrogen-bond donors (Lipinski definition) is 1. The molecule has 0 fully saturated rings. The van der Waals surface area contributed by atoms with Gasteiger partial charge in [-0.25, -0.2) is 4.79 Å². The molecule has 0 radical (unpaired) electrons. The Hall–Kier alpha value is -1.81. The third kappa shape index (κ3) is 3.11. The molecule has 3 nitrogen and oxygen atoms in total. The van der Waals surface area contributed by atoms with Gasteiger partial charge < -0.3 is 9.84 Å². The van der Waals surface area contributed by atoms with Crippen LogP contribution >= 0.6 is 15.9 Å². The van der Waals surface area contributed by atoms with E-state index in [0.717, 1.165) is 5.56 Å². The van der Waals surface area contributed by atoms with E-state index in [1.807, 2.05) is 30.3 Å². The Labute approximate surface area is 113 Å². The van der Waals surface area contributed by atoms with Gasteiger partial charge in [0, 0.05) is 0 Å². The van der Waals surface area contributed by atoms with E-state index in [-0.39, 0.29) is 12.4 Å². The van der Waals surface area contributed by atoms with Gasteiger partial charge in [-0.1, -0.05) is 30.3 Å². The molecular weight excluding hydrogens is 296 g/mol. The molecule has 0 bridgehead atoms. The Morgan fingerprint density at radius 1 is 1.17 bits per heavy atom. The van der Waals surface area contributed by atoms with Crippen molar-refractivity contribution in [3.05, 3.63) is 64.1 Å². The van der Waals surface area contributed by atoms with Gasteiger partial charge in [0.05, 0.1) is 10.0 Å². The number of rotatable bonds is 3. The lowest BCUT2D eigenvalue weighted by Gasteiger charge is -2.05. The maximum absolute atomic E-state index is 11.7. The lowest BCUT2D eigenvalue weighted by Crippen LogP contribution is -2.05. The van der Waals surface area contributed by atoms with Crippen molar-refractivity contribution >= 4 is 21.9 Å². The summed E-state index contributed by atoms with van der Waals surface area (Å²) in [5, 5.41) is 9.48. The van der Waals surface area contributed by atoms with E-state index in [2.05, 4.69) is 15.9 Å². The highest BCUT2D eigenvalue weighted by molar-refractivity contribution is 9.10. The van der Waals surface area contributed by atoms with Crippen LogP contribution in [0.4, 0.5) is 0 Å². The molecule has 1 N–H and O–H groups in total. The fourth-order valence-electron chi connectivity index (χ4n) is 1.45. The first-order valence-electron chi connectivity index (χ1n) is 5.36. The van der Waals surface area contributed by atoms with Gasteiger partial charge in [-0.05, 0) is 39.7 Å². The third-order valence-corrected chi connectivity index (χ3v) is 3.07. The van der Waals surface area contributed by atoms with Crippen molar-refractivity contribution in [1.29, 1.82) is 0 Å². The highest BCUT2D eigenvalue weighted by Gasteiger charge is 2.09. The Morgan fingerprint density at radius 3 is 2.56 bits per heavy atom. The number of phenols is 1. The van der Waals surface area contributed by atoms with Crippen LogP contribution in [-0.4, -0.2) is 11.1 Å². The lowest BCUT2D eigenvalue weighted by atomic mass is 10.2. The maximum atomic E-state index is 11.7. The first kappa shape index (κ1) is 12.6. The Morgan fingerprint density at radius 2 is 1.89 bits per heavy atom. The first-order chi connectivity index (χ1) is 8.66. The highest BCUT2D eigenvalue weighted by atomic mass is 79.9. The standard InChI is InChI=1S/C14H11BrO3/c15-12-7-6-11(8-13(12)16)14(17)18-9-10-4-2-1-3-5-10/h1-8,16H,9H2. The van der Waals surface area contributed by atoms with Gasteiger partial charge in [0.2, 0.25) is 0 Å². The Balaban J connectivity index is 2.02. The van der Waals surface area contributed by atoms with Crippen molar-refractivity contribution in [3.8, 4) is 5.75 Å². The summed E-state index contributed by atoms with van der Waals surface area (Å²) in [5.41, 5.74) is 1.25. The minimum atomic E-state index is -0.457. The molecule has 18 heavy (non-hydrogen) atoms. The second kappa shape index (κ2) is 5.69. The van der Waals surface area contributed by atoms with Crippen LogP contribution in [0.2, 0.25) is 0 Å². The maximum Gasteiger partial charge on any atom is 0.338 e. The topological polar surface area (TPSA) is 46.5 Å². The zero-order chi connectivity index (χ0) is 13.0. The summed E-state index contributed by atoms with van der Waals surface area (Å²) in [6.45, 7) is 0.219. The predicted molar refractivity (Wildman–Crippen MR) is 71.4 cm³/mol. The number of hydrogen-bond acceptors (Lipinski definition) is 3. The average molecular weight is 307 g/mol. The van der Waals surface area contributed by atoms with Crippen molar-refractivity contribution in [2.75, 3.05) is 0 Å². The number of benzene rings is 2. The van der Waals surface area contributed by atoms with Crippen LogP contribution in [0.1, 0.15) is 15.9 Å². The molecule has 0 saturated carbocycles. The molecule has 0 aliphatic heterocycles. The molecule has 0 aliphatic carbocycles. The van der Waals surface area contributed by atoms with Crippen LogP contribution in [0.3, 0.4) is 0 Å². The minimum Gasteiger partial charge on any atom is -0.507 e. The Kier molecular flexibility index (Phi) is 3.99. The van der Waals surface area contributed by atoms with Crippen LogP contribution in [0.25, 0.3) is 0 Å². The number of carbonyl (C=O) groups is 1. The quantitative estimate of drug-likeness (QED) is 0.883. The van der Waals surface area contributed by atoms with Crippen LogP contribution in [0.15, 0.2) is 53.0 Å². The first-order valence-corrected chi connectivity index (χ1v) is 6.15. The van der Waals surface area contributed by atoms with Gasteiger partial charge in [0.25, 0.3) is 0 Å². The second-order valence-corrected chi connectivity index (χ2v) is 4.58. The van der Waals surface area contributed by atoms with E-state index in [4.69, 9.17) is 4.74 Å². The fourth-order valence-corrected chi connectivity index (χ4v) is 1.69. The van der Waals surface area contributed by atoms with Gasteiger partial charge in [-0.2, -0.15) is 0 Å². The van der Waals surface area contributed by atoms with E-state index in [9.17, 15) is 9.90 Å². The zero-order valence-corrected chi connectivity index (χ0v) is 11.1. The highest BCUT2D eigenvalue weighted by Crippen LogP contribution is 2.24. The molecule has 4 heteroatoms. The molecule has 0 saturated heterocycles. The minimum absolute atomic E-state index is 0.0177. The normalized spacial score (nSPS) is 10.1. The van der Waals surface area contributed by atoms with Crippen LogP contribution in [-0.2, 0) is 11.3 Å². The van der Waals surface area contributed by atoms with E-state index in [1.54, 1.807) is 12.1 Å². The molecule has 0 heterocycles. The second-order valence-electron chi connectivity index (χ2n) is 3.73. The molecule has 2 aromatic carbocycles. The summed E-state index contributed by atoms with van der Waals surface area (Å²) in [6, 6.07) is 14.0. The molecule has 92 valence electrons. The number of phenolic OH excluding ortho intramolecular Hbond substituents is 1. The van der Waals surface area contributed by atoms with E-state index < -0.39 is 5.97 Å². The van der Waals surface area contributed by atoms with Crippen LogP contribution in [0, 0.1) is 0 Å². The van der Waals surface area contributed by atoms with Gasteiger partial charge >= 0.3 is 5.97 Å². The van der Waals surface area contributed by atoms with Crippen molar-refractivity contribution in [2.45, 2.75) is 6.61 Å². The molecule has 0 aromatic heterocycles. The van der Waals surface area contributed by atoms with E-state index >= 15 is 0 Å². The van der Waals surface area contributed by atoms with Crippen molar-refractivity contribution in [1.82, 2.24) is 0 Å². The average Bonchev–Trinajstić information content (AvgIpc) is 2.40. The van der Waals surface area contributed by atoms with Crippen molar-refractivity contribution in [2.24, 2.45) is 0 Å². The van der Waals surface area contributed by atoms with Crippen molar-refractivity contribution < 1.29 is 14.6 Å². The monoisotopic (exact) mass is 306 g/mol. The molecule has 0 atom stereocenters. The van der Waals surface area contributed by atoms with E-state index in [0.29, 0.717) is 10.0 Å². The molecular formula is C14H11BrO3. The number of esters is 1. The van der Waals surface area contributed by atoms with E-state index in [1.165, 1.54) is 6.07 Å². The van der Waals surface area contributed by atoms with Gasteiger partial charge in [-0.3, -0.25) is 0 Å². The summed E-state index contributed by atoms with van der Waals surface area (Å²) >= 11 is 3.15. The predicted octanol–water partition coefficient (Wildman–Crippen LogP) is 3.51. The van der Waals surface area contributed by atoms with Crippen LogP contribution in [0.5, 0.6) is 5.75 Å². The van der Waals surface area contributed by atoms with Gasteiger partial charge in [-0.15, -0.1) is 0 Å². The van der Waals surface area contributed by atoms with Gasteiger partial charge in [0.15, 0.2) is 0 Å². The largest absolute Gasteiger partial charge is 0.507 e. The summed E-state index contributed by atoms with van der Waals surface area (Å²) < 4.78 is 5.69. The van der Waals surface area contributed by atoms with Crippen molar-refractivity contribution in [3.63, 3.8) is 0 Å². The summed E-state index contributed by atoms with van der Waals surface area (Å²) in [7, 11) is 0. The SMILES string of the molecule is O=C(OCc1ccccc1)c1ccc(Br)c(O)c1. The Bertz CT molecular complexity index is 552. The lowest BCUT2D eigenvalue weighted by molar-refractivity contribution is 0.0472. The molecule has 0 unspecified atom stereocenters. The summed E-state index contributed by atoms with van der Waals surface area (Å²) in [5.74, 6) is -0.439. The van der Waals surface area contributed by atoms with Crippen LogP contribution < -0.4 is 0 Å². The molecule has 2 aromatic rings.